The molecule has 0 unspecified atom stereocenters. The van der Waals surface area contributed by atoms with Crippen molar-refractivity contribution in [2.45, 2.75) is 32.6 Å². The van der Waals surface area contributed by atoms with E-state index in [1.54, 1.807) is 0 Å². The quantitative estimate of drug-likeness (QED) is 0.595. The molecule has 1 aromatic rings. The van der Waals surface area contributed by atoms with Crippen LogP contribution in [0.5, 0.6) is 0 Å². The van der Waals surface area contributed by atoms with Crippen molar-refractivity contribution in [3.05, 3.63) is 27.6 Å². The number of nitrogens with one attached hydrogen (secondary N) is 1. The lowest BCUT2D eigenvalue weighted by Gasteiger charge is -2.11. The van der Waals surface area contributed by atoms with Gasteiger partial charge >= 0.3 is 5.97 Å². The Bertz CT molecular complexity index is 375. The summed E-state index contributed by atoms with van der Waals surface area (Å²) >= 11 is 0. The van der Waals surface area contributed by atoms with Crippen molar-refractivity contribution in [3.63, 3.8) is 0 Å². The Hall–Kier alpha value is -1.85. The first-order valence-corrected chi connectivity index (χ1v) is 5.11. The number of carboxylic acid groups (broad SMARTS) is 1. The third-order valence-electron chi connectivity index (χ3n) is 2.70. The summed E-state index contributed by atoms with van der Waals surface area (Å²) in [6, 6.07) is 0. The highest BCUT2D eigenvalue weighted by Crippen LogP contribution is 2.34. The predicted molar refractivity (Wildman–Crippen MR) is 57.7 cm³/mol. The number of hydrogen-bond acceptors (Lipinski definition) is 3. The van der Waals surface area contributed by atoms with E-state index < -0.39 is 10.9 Å². The smallest absolute Gasteiger partial charge is 0.352 e. The maximum atomic E-state index is 10.9. The van der Waals surface area contributed by atoms with Crippen molar-refractivity contribution in [2.24, 2.45) is 0 Å². The van der Waals surface area contributed by atoms with Gasteiger partial charge in [-0.1, -0.05) is 13.8 Å². The summed E-state index contributed by atoms with van der Waals surface area (Å²) in [5, 5.41) is 19.7. The number of nitro groups is 1. The molecule has 0 saturated heterocycles. The van der Waals surface area contributed by atoms with Crippen LogP contribution in [0.2, 0.25) is 0 Å². The van der Waals surface area contributed by atoms with Crippen molar-refractivity contribution in [2.75, 3.05) is 0 Å². The zero-order chi connectivity index (χ0) is 12.3. The lowest BCUT2D eigenvalue weighted by Crippen LogP contribution is -2.07. The molecule has 6 nitrogen and oxygen atoms in total. The second-order valence-electron chi connectivity index (χ2n) is 3.54. The molecule has 0 bridgehead atoms. The maximum Gasteiger partial charge on any atom is 0.352 e. The van der Waals surface area contributed by atoms with Crippen molar-refractivity contribution in [3.8, 4) is 0 Å². The lowest BCUT2D eigenvalue weighted by molar-refractivity contribution is -0.385. The highest BCUT2D eigenvalue weighted by molar-refractivity contribution is 5.89. The van der Waals surface area contributed by atoms with Crippen LogP contribution in [0.3, 0.4) is 0 Å². The van der Waals surface area contributed by atoms with E-state index in [-0.39, 0.29) is 17.3 Å². The molecule has 0 aliphatic rings. The van der Waals surface area contributed by atoms with Crippen LogP contribution in [0.25, 0.3) is 0 Å². The summed E-state index contributed by atoms with van der Waals surface area (Å²) in [6.07, 6.45) is 2.50. The van der Waals surface area contributed by atoms with Crippen molar-refractivity contribution in [1.29, 1.82) is 0 Å². The van der Waals surface area contributed by atoms with Gasteiger partial charge in [-0.3, -0.25) is 10.1 Å². The zero-order valence-electron chi connectivity index (χ0n) is 9.19. The lowest BCUT2D eigenvalue weighted by atomic mass is 9.93. The van der Waals surface area contributed by atoms with Gasteiger partial charge in [-0.2, -0.15) is 0 Å². The number of aromatic nitrogens is 1. The molecule has 88 valence electrons. The van der Waals surface area contributed by atoms with Crippen LogP contribution in [-0.4, -0.2) is 21.0 Å². The van der Waals surface area contributed by atoms with Gasteiger partial charge in [0.25, 0.3) is 5.69 Å². The molecule has 0 aliphatic heterocycles. The third kappa shape index (κ3) is 2.05. The van der Waals surface area contributed by atoms with Crippen LogP contribution in [0, 0.1) is 10.1 Å². The normalized spacial score (nSPS) is 10.7. The molecular weight excluding hydrogens is 212 g/mol. The minimum Gasteiger partial charge on any atom is -0.477 e. The molecular formula is C10H14N2O4. The monoisotopic (exact) mass is 226 g/mol. The summed E-state index contributed by atoms with van der Waals surface area (Å²) in [5.74, 6) is -1.26. The van der Waals surface area contributed by atoms with Crippen LogP contribution >= 0.6 is 0 Å². The van der Waals surface area contributed by atoms with Gasteiger partial charge in [-0.15, -0.1) is 0 Å². The standard InChI is InChI=1S/C10H14N2O4/c1-3-6(4-2)8-7(12(15)16)5-11-9(8)10(13)14/h5-6,11H,3-4H2,1-2H3,(H,13,14). The van der Waals surface area contributed by atoms with E-state index in [9.17, 15) is 14.9 Å². The molecule has 0 saturated carbocycles. The van der Waals surface area contributed by atoms with Gasteiger partial charge in [0.15, 0.2) is 0 Å². The highest BCUT2D eigenvalue weighted by atomic mass is 16.6. The minimum atomic E-state index is -1.16. The van der Waals surface area contributed by atoms with Gasteiger partial charge in [0.1, 0.15) is 5.69 Å². The molecule has 6 heteroatoms. The molecule has 16 heavy (non-hydrogen) atoms. The van der Waals surface area contributed by atoms with Crippen LogP contribution in [0.1, 0.15) is 48.7 Å². The van der Waals surface area contributed by atoms with Gasteiger partial charge in [0.05, 0.1) is 16.7 Å². The van der Waals surface area contributed by atoms with Crippen LogP contribution in [-0.2, 0) is 0 Å². The summed E-state index contributed by atoms with van der Waals surface area (Å²) in [5.41, 5.74) is 0.106. The molecule has 0 atom stereocenters. The van der Waals surface area contributed by atoms with Gasteiger partial charge in [-0.25, -0.2) is 4.79 Å². The fourth-order valence-corrected chi connectivity index (χ4v) is 1.86. The Labute approximate surface area is 92.4 Å². The third-order valence-corrected chi connectivity index (χ3v) is 2.70. The number of carboxylic acids is 1. The Kier molecular flexibility index (Phi) is 3.65. The van der Waals surface area contributed by atoms with Gasteiger partial charge in [-0.05, 0) is 18.8 Å². The van der Waals surface area contributed by atoms with Crippen molar-refractivity contribution >= 4 is 11.7 Å². The summed E-state index contributed by atoms with van der Waals surface area (Å²) in [7, 11) is 0. The predicted octanol–water partition coefficient (Wildman–Crippen LogP) is 2.52. The Balaban J connectivity index is 3.34. The molecule has 2 N–H and O–H groups in total. The van der Waals surface area contributed by atoms with E-state index in [0.29, 0.717) is 18.4 Å². The summed E-state index contributed by atoms with van der Waals surface area (Å²) < 4.78 is 0. The number of aromatic carboxylic acids is 1. The molecule has 1 rings (SSSR count). The molecule has 1 aromatic heterocycles. The molecule has 0 aliphatic carbocycles. The van der Waals surface area contributed by atoms with Crippen molar-refractivity contribution in [1.82, 2.24) is 4.98 Å². The van der Waals surface area contributed by atoms with Crippen molar-refractivity contribution < 1.29 is 14.8 Å². The number of hydrogen-bond donors (Lipinski definition) is 2. The Morgan fingerprint density at radius 2 is 2.12 bits per heavy atom. The average Bonchev–Trinajstić information content (AvgIpc) is 2.64. The zero-order valence-corrected chi connectivity index (χ0v) is 9.19. The first-order chi connectivity index (χ1) is 7.52. The molecule has 0 fully saturated rings. The van der Waals surface area contributed by atoms with E-state index in [0.717, 1.165) is 6.20 Å². The fourth-order valence-electron chi connectivity index (χ4n) is 1.86. The summed E-state index contributed by atoms with van der Waals surface area (Å²) in [6.45, 7) is 3.77. The maximum absolute atomic E-state index is 10.9. The first kappa shape index (κ1) is 12.2. The Morgan fingerprint density at radius 3 is 2.50 bits per heavy atom. The highest BCUT2D eigenvalue weighted by Gasteiger charge is 2.28. The van der Waals surface area contributed by atoms with Crippen LogP contribution in [0.4, 0.5) is 5.69 Å². The second kappa shape index (κ2) is 4.78. The topological polar surface area (TPSA) is 96.2 Å². The van der Waals surface area contributed by atoms with E-state index in [4.69, 9.17) is 5.11 Å². The number of nitrogens with zero attached hydrogens (tertiary/aromatic N) is 1. The van der Waals surface area contributed by atoms with E-state index in [2.05, 4.69) is 4.98 Å². The van der Waals surface area contributed by atoms with E-state index >= 15 is 0 Å². The molecule has 0 amide bonds. The first-order valence-electron chi connectivity index (χ1n) is 5.11. The molecule has 0 aromatic carbocycles. The minimum absolute atomic E-state index is 0.0691. The second-order valence-corrected chi connectivity index (χ2v) is 3.54. The Morgan fingerprint density at radius 1 is 1.56 bits per heavy atom. The van der Waals surface area contributed by atoms with E-state index in [1.807, 2.05) is 13.8 Å². The number of aromatic amines is 1. The largest absolute Gasteiger partial charge is 0.477 e. The van der Waals surface area contributed by atoms with Gasteiger partial charge in [0.2, 0.25) is 0 Å². The van der Waals surface area contributed by atoms with Crippen LogP contribution < -0.4 is 0 Å². The number of carbonyl (C=O) groups is 1. The molecule has 1 heterocycles. The SMILES string of the molecule is CCC(CC)c1c([N+](=O)[O-])c[nH]c1C(=O)O. The fraction of sp³-hybridized carbons (Fsp3) is 0.500. The average molecular weight is 226 g/mol. The van der Waals surface area contributed by atoms with Crippen LogP contribution in [0.15, 0.2) is 6.20 Å². The van der Waals surface area contributed by atoms with Gasteiger partial charge in [0, 0.05) is 0 Å². The number of H-pyrrole nitrogens is 1. The summed E-state index contributed by atoms with van der Waals surface area (Å²) in [4.78, 5) is 23.6. The van der Waals surface area contributed by atoms with E-state index in [1.165, 1.54) is 0 Å². The molecule has 0 spiro atoms. The van der Waals surface area contributed by atoms with Gasteiger partial charge < -0.3 is 10.1 Å². The molecule has 0 radical (unpaired) electrons. The number of rotatable bonds is 5.